The zero-order valence-electron chi connectivity index (χ0n) is 10.9. The van der Waals surface area contributed by atoms with E-state index in [1.807, 2.05) is 0 Å². The summed E-state index contributed by atoms with van der Waals surface area (Å²) in [6.45, 7) is 0.569. The molecular formula is C12H14F4N2O2. The predicted octanol–water partition coefficient (Wildman–Crippen LogP) is 3.25. The smallest absolute Gasteiger partial charge is 0.422 e. The maximum atomic E-state index is 13.0. The van der Waals surface area contributed by atoms with Crippen molar-refractivity contribution < 1.29 is 27.1 Å². The number of anilines is 1. The summed E-state index contributed by atoms with van der Waals surface area (Å²) in [7, 11) is 1.51. The molecule has 1 aromatic carbocycles. The van der Waals surface area contributed by atoms with Gasteiger partial charge in [-0.15, -0.1) is 0 Å². The van der Waals surface area contributed by atoms with E-state index >= 15 is 0 Å². The molecule has 1 N–H and O–H groups in total. The molecule has 0 heterocycles. The Morgan fingerprint density at radius 2 is 2.05 bits per heavy atom. The summed E-state index contributed by atoms with van der Waals surface area (Å²) in [5.41, 5.74) is -0.0269. The van der Waals surface area contributed by atoms with Crippen LogP contribution in [-0.2, 0) is 0 Å². The second-order valence-corrected chi connectivity index (χ2v) is 3.99. The van der Waals surface area contributed by atoms with Crippen LogP contribution in [0.15, 0.2) is 18.2 Å². The molecule has 0 aliphatic rings. The molecule has 0 atom stereocenters. The van der Waals surface area contributed by atoms with Gasteiger partial charge in [0.2, 0.25) is 0 Å². The summed E-state index contributed by atoms with van der Waals surface area (Å²) >= 11 is 0. The van der Waals surface area contributed by atoms with Crippen LogP contribution in [0.2, 0.25) is 0 Å². The number of amides is 2. The zero-order chi connectivity index (χ0) is 15.3. The summed E-state index contributed by atoms with van der Waals surface area (Å²) in [6, 6.07) is 2.41. The highest BCUT2D eigenvalue weighted by Gasteiger charge is 2.29. The zero-order valence-corrected chi connectivity index (χ0v) is 10.9. The van der Waals surface area contributed by atoms with Crippen LogP contribution in [0.25, 0.3) is 0 Å². The lowest BCUT2D eigenvalue weighted by Crippen LogP contribution is -2.31. The quantitative estimate of drug-likeness (QED) is 0.866. The first-order valence-electron chi connectivity index (χ1n) is 5.74. The van der Waals surface area contributed by atoms with Gasteiger partial charge in [0.15, 0.2) is 6.61 Å². The van der Waals surface area contributed by atoms with Crippen LogP contribution in [0.1, 0.15) is 6.92 Å². The topological polar surface area (TPSA) is 41.6 Å². The van der Waals surface area contributed by atoms with Crippen LogP contribution < -0.4 is 10.1 Å². The molecular weight excluding hydrogens is 280 g/mol. The predicted molar refractivity (Wildman–Crippen MR) is 65.3 cm³/mol. The first-order valence-corrected chi connectivity index (χ1v) is 5.74. The van der Waals surface area contributed by atoms with E-state index in [1.54, 1.807) is 6.92 Å². The number of ether oxygens (including phenoxy) is 1. The summed E-state index contributed by atoms with van der Waals surface area (Å²) in [5.74, 6) is -1.14. The Balaban J connectivity index is 2.87. The van der Waals surface area contributed by atoms with Crippen LogP contribution in [0.3, 0.4) is 0 Å². The van der Waals surface area contributed by atoms with Gasteiger partial charge in [-0.3, -0.25) is 0 Å². The van der Waals surface area contributed by atoms with Crippen molar-refractivity contribution >= 4 is 11.7 Å². The number of carbonyl (C=O) groups excluding carboxylic acids is 1. The lowest BCUT2D eigenvalue weighted by atomic mass is 10.3. The van der Waals surface area contributed by atoms with Crippen LogP contribution in [0.5, 0.6) is 5.75 Å². The van der Waals surface area contributed by atoms with Gasteiger partial charge >= 0.3 is 12.2 Å². The van der Waals surface area contributed by atoms with Crippen LogP contribution in [0, 0.1) is 5.82 Å². The minimum absolute atomic E-state index is 0.0269. The number of hydrogen-bond donors (Lipinski definition) is 1. The van der Waals surface area contributed by atoms with E-state index in [1.165, 1.54) is 11.9 Å². The standard InChI is InChI=1S/C12H14F4N2O2/c1-3-18(2)11(19)17-9-5-4-8(13)6-10(9)20-7-12(14,15)16/h4-6H,3,7H2,1-2H3,(H,17,19). The summed E-state index contributed by atoms with van der Waals surface area (Å²) < 4.78 is 53.9. The van der Waals surface area contributed by atoms with Crippen molar-refractivity contribution in [3.05, 3.63) is 24.0 Å². The molecule has 0 saturated carbocycles. The number of carbonyl (C=O) groups is 1. The number of hydrogen-bond acceptors (Lipinski definition) is 2. The van der Waals surface area contributed by atoms with E-state index in [0.717, 1.165) is 18.2 Å². The molecule has 8 heteroatoms. The van der Waals surface area contributed by atoms with E-state index < -0.39 is 24.6 Å². The van der Waals surface area contributed by atoms with Gasteiger partial charge < -0.3 is 15.0 Å². The second-order valence-electron chi connectivity index (χ2n) is 3.99. The molecule has 0 radical (unpaired) electrons. The highest BCUT2D eigenvalue weighted by atomic mass is 19.4. The average molecular weight is 294 g/mol. The van der Waals surface area contributed by atoms with Crippen molar-refractivity contribution in [1.82, 2.24) is 4.90 Å². The first kappa shape index (κ1) is 16.1. The average Bonchev–Trinajstić information content (AvgIpc) is 2.36. The number of benzene rings is 1. The molecule has 20 heavy (non-hydrogen) atoms. The Labute approximate surface area is 113 Å². The third-order valence-corrected chi connectivity index (χ3v) is 2.40. The number of urea groups is 1. The Kier molecular flexibility index (Phi) is 5.18. The van der Waals surface area contributed by atoms with Crippen molar-refractivity contribution in [3.63, 3.8) is 0 Å². The molecule has 0 fully saturated rings. The molecule has 0 aliphatic carbocycles. The maximum Gasteiger partial charge on any atom is 0.422 e. The van der Waals surface area contributed by atoms with E-state index in [0.29, 0.717) is 6.54 Å². The van der Waals surface area contributed by atoms with Crippen molar-refractivity contribution in [1.29, 1.82) is 0 Å². The minimum Gasteiger partial charge on any atom is -0.482 e. The summed E-state index contributed by atoms with van der Waals surface area (Å²) in [5, 5.41) is 2.35. The van der Waals surface area contributed by atoms with E-state index in [9.17, 15) is 22.4 Å². The molecule has 0 bridgehead atoms. The number of nitrogens with zero attached hydrogens (tertiary/aromatic N) is 1. The Bertz CT molecular complexity index is 477. The maximum absolute atomic E-state index is 13.0. The van der Waals surface area contributed by atoms with Gasteiger partial charge in [-0.1, -0.05) is 0 Å². The molecule has 4 nitrogen and oxygen atoms in total. The molecule has 1 aromatic rings. The molecule has 0 aromatic heterocycles. The normalized spacial score (nSPS) is 11.1. The van der Waals surface area contributed by atoms with Gasteiger partial charge in [0.05, 0.1) is 5.69 Å². The largest absolute Gasteiger partial charge is 0.482 e. The fraction of sp³-hybridized carbons (Fsp3) is 0.417. The fourth-order valence-electron chi connectivity index (χ4n) is 1.23. The Hall–Kier alpha value is -1.99. The molecule has 2 amide bonds. The Morgan fingerprint density at radius 3 is 2.60 bits per heavy atom. The molecule has 0 spiro atoms. The number of halogens is 4. The fourth-order valence-corrected chi connectivity index (χ4v) is 1.23. The highest BCUT2D eigenvalue weighted by Crippen LogP contribution is 2.27. The van der Waals surface area contributed by atoms with Crippen molar-refractivity contribution in [3.8, 4) is 5.75 Å². The van der Waals surface area contributed by atoms with E-state index in [2.05, 4.69) is 10.1 Å². The number of rotatable bonds is 4. The molecule has 0 unspecified atom stereocenters. The van der Waals surface area contributed by atoms with E-state index in [4.69, 9.17) is 0 Å². The molecule has 112 valence electrons. The van der Waals surface area contributed by atoms with Gasteiger partial charge in [-0.2, -0.15) is 13.2 Å². The molecule has 1 rings (SSSR count). The second kappa shape index (κ2) is 6.44. The first-order chi connectivity index (χ1) is 9.23. The summed E-state index contributed by atoms with van der Waals surface area (Å²) in [4.78, 5) is 12.9. The molecule has 0 aliphatic heterocycles. The minimum atomic E-state index is -4.55. The van der Waals surface area contributed by atoms with Gasteiger partial charge in [-0.25, -0.2) is 9.18 Å². The van der Waals surface area contributed by atoms with Crippen molar-refractivity contribution in [2.24, 2.45) is 0 Å². The van der Waals surface area contributed by atoms with Gasteiger partial charge in [0, 0.05) is 19.7 Å². The Morgan fingerprint density at radius 1 is 1.40 bits per heavy atom. The van der Waals surface area contributed by atoms with Crippen LogP contribution in [-0.4, -0.2) is 37.3 Å². The lowest BCUT2D eigenvalue weighted by Gasteiger charge is -2.18. The van der Waals surface area contributed by atoms with Gasteiger partial charge in [-0.05, 0) is 19.1 Å². The monoisotopic (exact) mass is 294 g/mol. The van der Waals surface area contributed by atoms with Crippen LogP contribution in [0.4, 0.5) is 28.0 Å². The number of alkyl halides is 3. The van der Waals surface area contributed by atoms with Gasteiger partial charge in [0.25, 0.3) is 0 Å². The summed E-state index contributed by atoms with van der Waals surface area (Å²) in [6.07, 6.45) is -4.55. The van der Waals surface area contributed by atoms with E-state index in [-0.39, 0.29) is 11.4 Å². The third-order valence-electron chi connectivity index (χ3n) is 2.40. The highest BCUT2D eigenvalue weighted by molar-refractivity contribution is 5.90. The van der Waals surface area contributed by atoms with Crippen LogP contribution >= 0.6 is 0 Å². The van der Waals surface area contributed by atoms with Crippen molar-refractivity contribution in [2.45, 2.75) is 13.1 Å². The SMILES string of the molecule is CCN(C)C(=O)Nc1ccc(F)cc1OCC(F)(F)F. The molecule has 0 saturated heterocycles. The lowest BCUT2D eigenvalue weighted by molar-refractivity contribution is -0.153. The van der Waals surface area contributed by atoms with Gasteiger partial charge in [0.1, 0.15) is 11.6 Å². The number of nitrogens with one attached hydrogen (secondary N) is 1. The van der Waals surface area contributed by atoms with Crippen molar-refractivity contribution in [2.75, 3.05) is 25.5 Å². The third kappa shape index (κ3) is 4.94.